The van der Waals surface area contributed by atoms with Gasteiger partial charge in [0.25, 0.3) is 5.91 Å². The molecule has 0 aliphatic carbocycles. The molecule has 1 heterocycles. The van der Waals surface area contributed by atoms with Crippen LogP contribution in [0.1, 0.15) is 42.4 Å². The van der Waals surface area contributed by atoms with Gasteiger partial charge in [-0.3, -0.25) is 9.69 Å². The highest BCUT2D eigenvalue weighted by Crippen LogP contribution is 2.24. The standard InChI is InChI=1S/C32H37Cl2N3O7/c1-32(2,3)44-31(40)37(17-19-41-4)27-11-6-8-22(35-27)16-18-43-23-14-12-21(13-15-23)20-26(30(39)42-5)36-29(38)28-24(33)9-7-10-25(28)34/h6-15,26H,16-20H2,1-5H3,(H,36,38)/t26-/m0/s1. The summed E-state index contributed by atoms with van der Waals surface area (Å²) in [5.74, 6) is -0.116. The fourth-order valence-electron chi connectivity index (χ4n) is 4.07. The van der Waals surface area contributed by atoms with Crippen molar-refractivity contribution in [2.45, 2.75) is 45.3 Å². The van der Waals surface area contributed by atoms with Gasteiger partial charge in [-0.05, 0) is 62.7 Å². The highest BCUT2D eigenvalue weighted by atomic mass is 35.5. The van der Waals surface area contributed by atoms with E-state index in [-0.39, 0.29) is 22.0 Å². The Bertz CT molecular complexity index is 1410. The summed E-state index contributed by atoms with van der Waals surface area (Å²) < 4.78 is 21.5. The quantitative estimate of drug-likeness (QED) is 0.228. The van der Waals surface area contributed by atoms with Crippen molar-refractivity contribution in [1.29, 1.82) is 0 Å². The number of benzene rings is 2. The number of hydrogen-bond donors (Lipinski definition) is 1. The maximum atomic E-state index is 12.8. The van der Waals surface area contributed by atoms with Crippen LogP contribution in [0, 0.1) is 0 Å². The highest BCUT2D eigenvalue weighted by molar-refractivity contribution is 6.39. The van der Waals surface area contributed by atoms with Crippen LogP contribution in [0.3, 0.4) is 0 Å². The number of carbonyl (C=O) groups is 3. The van der Waals surface area contributed by atoms with Gasteiger partial charge in [0.1, 0.15) is 23.2 Å². The smallest absolute Gasteiger partial charge is 0.416 e. The van der Waals surface area contributed by atoms with Gasteiger partial charge in [-0.15, -0.1) is 0 Å². The predicted molar refractivity (Wildman–Crippen MR) is 169 cm³/mol. The van der Waals surface area contributed by atoms with Crippen molar-refractivity contribution in [2.75, 3.05) is 38.9 Å². The first-order chi connectivity index (χ1) is 20.9. The molecule has 0 spiro atoms. The van der Waals surface area contributed by atoms with E-state index in [1.807, 2.05) is 12.1 Å². The summed E-state index contributed by atoms with van der Waals surface area (Å²) in [6.07, 6.45) is 0.162. The van der Waals surface area contributed by atoms with E-state index in [4.69, 9.17) is 42.1 Å². The fourth-order valence-corrected chi connectivity index (χ4v) is 4.64. The van der Waals surface area contributed by atoms with Crippen molar-refractivity contribution in [2.24, 2.45) is 0 Å². The van der Waals surface area contributed by atoms with Crippen molar-refractivity contribution in [3.05, 3.63) is 87.5 Å². The molecule has 0 saturated heterocycles. The lowest BCUT2D eigenvalue weighted by Gasteiger charge is -2.26. The molecule has 1 aromatic heterocycles. The Morgan fingerprint density at radius 3 is 2.20 bits per heavy atom. The SMILES string of the molecule is COCCN(C(=O)OC(C)(C)C)c1cccc(CCOc2ccc(C[C@H](NC(=O)c3c(Cl)cccc3Cl)C(=O)OC)cc2)n1. The number of pyridine rings is 1. The monoisotopic (exact) mass is 645 g/mol. The van der Waals surface area contributed by atoms with Crippen molar-refractivity contribution >= 4 is 47.0 Å². The number of esters is 1. The van der Waals surface area contributed by atoms with E-state index in [9.17, 15) is 14.4 Å². The molecule has 44 heavy (non-hydrogen) atoms. The second-order valence-corrected chi connectivity index (χ2v) is 11.5. The molecule has 2 aromatic carbocycles. The number of carbonyl (C=O) groups excluding carboxylic acids is 3. The molecular formula is C32H37Cl2N3O7. The maximum absolute atomic E-state index is 12.8. The van der Waals surface area contributed by atoms with E-state index >= 15 is 0 Å². The summed E-state index contributed by atoms with van der Waals surface area (Å²) in [6.45, 7) is 6.37. The van der Waals surface area contributed by atoms with Gasteiger partial charge >= 0.3 is 12.1 Å². The fraction of sp³-hybridized carbons (Fsp3) is 0.375. The molecule has 0 unspecified atom stereocenters. The van der Waals surface area contributed by atoms with Gasteiger partial charge in [0.2, 0.25) is 0 Å². The average Bonchev–Trinajstić information content (AvgIpc) is 2.96. The van der Waals surface area contributed by atoms with Gasteiger partial charge in [-0.2, -0.15) is 0 Å². The minimum atomic E-state index is -0.964. The number of nitrogens with one attached hydrogen (secondary N) is 1. The molecule has 0 fully saturated rings. The summed E-state index contributed by atoms with van der Waals surface area (Å²) in [5, 5.41) is 3.01. The minimum absolute atomic E-state index is 0.0843. The zero-order chi connectivity index (χ0) is 32.3. The van der Waals surface area contributed by atoms with Crippen LogP contribution in [0.15, 0.2) is 60.7 Å². The molecule has 0 bridgehead atoms. The molecule has 0 radical (unpaired) electrons. The van der Waals surface area contributed by atoms with Crippen LogP contribution in [0.4, 0.5) is 10.6 Å². The number of amides is 2. The van der Waals surface area contributed by atoms with Crippen LogP contribution in [-0.2, 0) is 31.8 Å². The van der Waals surface area contributed by atoms with Crippen molar-refractivity contribution in [3.63, 3.8) is 0 Å². The summed E-state index contributed by atoms with van der Waals surface area (Å²) in [6, 6.07) is 16.3. The molecule has 1 N–H and O–H groups in total. The van der Waals surface area contributed by atoms with Crippen molar-refractivity contribution < 1.29 is 33.3 Å². The zero-order valence-corrected chi connectivity index (χ0v) is 26.9. The largest absolute Gasteiger partial charge is 0.493 e. The van der Waals surface area contributed by atoms with E-state index in [1.165, 1.54) is 12.0 Å². The van der Waals surface area contributed by atoms with Crippen molar-refractivity contribution in [3.8, 4) is 5.75 Å². The Morgan fingerprint density at radius 1 is 0.932 bits per heavy atom. The molecule has 236 valence electrons. The van der Waals surface area contributed by atoms with Crippen LogP contribution >= 0.6 is 23.2 Å². The van der Waals surface area contributed by atoms with E-state index < -0.39 is 29.6 Å². The molecule has 10 nitrogen and oxygen atoms in total. The van der Waals surface area contributed by atoms with E-state index in [0.29, 0.717) is 37.7 Å². The van der Waals surface area contributed by atoms with E-state index in [0.717, 1.165) is 11.3 Å². The van der Waals surface area contributed by atoms with Gasteiger partial charge < -0.3 is 24.3 Å². The Labute approximate surface area is 267 Å². The van der Waals surface area contributed by atoms with Crippen molar-refractivity contribution in [1.82, 2.24) is 10.3 Å². The van der Waals surface area contributed by atoms with Crippen LogP contribution in [-0.4, -0.2) is 68.6 Å². The summed E-state index contributed by atoms with van der Waals surface area (Å²) in [7, 11) is 2.81. The van der Waals surface area contributed by atoms with Gasteiger partial charge in [-0.1, -0.05) is 47.5 Å². The van der Waals surface area contributed by atoms with Crippen LogP contribution in [0.2, 0.25) is 10.0 Å². The number of anilines is 1. The number of ether oxygens (including phenoxy) is 4. The molecule has 3 rings (SSSR count). The normalized spacial score (nSPS) is 11.8. The molecular weight excluding hydrogens is 609 g/mol. The third-order valence-electron chi connectivity index (χ3n) is 6.17. The Balaban J connectivity index is 1.61. The molecule has 0 saturated carbocycles. The topological polar surface area (TPSA) is 116 Å². The predicted octanol–water partition coefficient (Wildman–Crippen LogP) is 5.91. The lowest BCUT2D eigenvalue weighted by atomic mass is 10.0. The summed E-state index contributed by atoms with van der Waals surface area (Å²) >= 11 is 12.3. The van der Waals surface area contributed by atoms with Gasteiger partial charge in [-0.25, -0.2) is 14.6 Å². The minimum Gasteiger partial charge on any atom is -0.493 e. The molecule has 1 atom stereocenters. The third kappa shape index (κ3) is 10.4. The van der Waals surface area contributed by atoms with Crippen LogP contribution < -0.4 is 15.0 Å². The second-order valence-electron chi connectivity index (χ2n) is 10.7. The Hall–Kier alpha value is -3.86. The summed E-state index contributed by atoms with van der Waals surface area (Å²) in [5.41, 5.74) is 0.940. The lowest BCUT2D eigenvalue weighted by molar-refractivity contribution is -0.142. The number of hydrogen-bond acceptors (Lipinski definition) is 8. The Morgan fingerprint density at radius 2 is 1.59 bits per heavy atom. The number of halogens is 2. The van der Waals surface area contributed by atoms with Gasteiger partial charge in [0.15, 0.2) is 0 Å². The van der Waals surface area contributed by atoms with Gasteiger partial charge in [0, 0.05) is 25.6 Å². The molecule has 0 aliphatic heterocycles. The second kappa shape index (κ2) is 16.3. The number of rotatable bonds is 13. The molecule has 0 aliphatic rings. The van der Waals surface area contributed by atoms with Gasteiger partial charge in [0.05, 0.1) is 42.5 Å². The maximum Gasteiger partial charge on any atom is 0.416 e. The summed E-state index contributed by atoms with van der Waals surface area (Å²) in [4.78, 5) is 44.2. The number of aromatic nitrogens is 1. The van der Waals surface area contributed by atoms with E-state index in [2.05, 4.69) is 10.3 Å². The Kier molecular flexibility index (Phi) is 12.8. The zero-order valence-electron chi connectivity index (χ0n) is 25.4. The first-order valence-electron chi connectivity index (χ1n) is 13.9. The lowest BCUT2D eigenvalue weighted by Crippen LogP contribution is -2.43. The average molecular weight is 647 g/mol. The van der Waals surface area contributed by atoms with Crippen LogP contribution in [0.25, 0.3) is 0 Å². The van der Waals surface area contributed by atoms with E-state index in [1.54, 1.807) is 76.4 Å². The highest BCUT2D eigenvalue weighted by Gasteiger charge is 2.26. The van der Waals surface area contributed by atoms with Crippen LogP contribution in [0.5, 0.6) is 5.75 Å². The molecule has 2 amide bonds. The first kappa shape index (κ1) is 34.6. The first-order valence-corrected chi connectivity index (χ1v) is 14.7. The molecule has 12 heteroatoms. The number of nitrogens with zero attached hydrogens (tertiary/aromatic N) is 2. The third-order valence-corrected chi connectivity index (χ3v) is 6.80. The molecule has 3 aromatic rings. The number of methoxy groups -OCH3 is 2.